The van der Waals surface area contributed by atoms with Crippen molar-refractivity contribution in [3.05, 3.63) is 35.9 Å². The minimum absolute atomic E-state index is 0.250. The zero-order valence-corrected chi connectivity index (χ0v) is 14.7. The van der Waals surface area contributed by atoms with Crippen molar-refractivity contribution in [3.8, 4) is 0 Å². The van der Waals surface area contributed by atoms with Gasteiger partial charge in [0.25, 0.3) is 0 Å². The number of rotatable bonds is 4. The molecule has 1 fully saturated rings. The minimum atomic E-state index is -0.430. The van der Waals surface area contributed by atoms with Gasteiger partial charge in [-0.2, -0.15) is 0 Å². The summed E-state index contributed by atoms with van der Waals surface area (Å²) < 4.78 is 5.36. The van der Waals surface area contributed by atoms with E-state index >= 15 is 0 Å². The second-order valence-corrected chi connectivity index (χ2v) is 7.54. The third kappa shape index (κ3) is 7.04. The molecule has 0 saturated heterocycles. The van der Waals surface area contributed by atoms with Crippen LogP contribution in [-0.4, -0.2) is 23.8 Å². The summed E-state index contributed by atoms with van der Waals surface area (Å²) in [5.41, 5.74) is 0.945. The molecule has 4 heteroatoms. The molecule has 128 valence electrons. The molecule has 3 N–H and O–H groups in total. The SMILES string of the molecule is CC(C)(C)OC(=O)NC1CCCC([NH2+]Cc2ccccc2)CC1. The van der Waals surface area contributed by atoms with Crippen LogP contribution in [-0.2, 0) is 11.3 Å². The lowest BCUT2D eigenvalue weighted by atomic mass is 10.1. The van der Waals surface area contributed by atoms with Gasteiger partial charge in [0.05, 0.1) is 6.04 Å². The van der Waals surface area contributed by atoms with Crippen LogP contribution in [0.1, 0.15) is 58.4 Å². The highest BCUT2D eigenvalue weighted by Gasteiger charge is 2.24. The van der Waals surface area contributed by atoms with E-state index in [4.69, 9.17) is 4.74 Å². The van der Waals surface area contributed by atoms with E-state index in [1.807, 2.05) is 20.8 Å². The molecule has 2 unspecified atom stereocenters. The Labute approximate surface area is 140 Å². The quantitative estimate of drug-likeness (QED) is 0.838. The lowest BCUT2D eigenvalue weighted by Gasteiger charge is -2.22. The van der Waals surface area contributed by atoms with Gasteiger partial charge < -0.3 is 15.4 Å². The number of nitrogens with one attached hydrogen (secondary N) is 1. The molecular weight excluding hydrogens is 288 g/mol. The van der Waals surface area contributed by atoms with Crippen molar-refractivity contribution in [2.75, 3.05) is 0 Å². The summed E-state index contributed by atoms with van der Waals surface area (Å²) in [6, 6.07) is 11.5. The average molecular weight is 319 g/mol. The maximum atomic E-state index is 11.9. The van der Waals surface area contributed by atoms with E-state index in [0.29, 0.717) is 6.04 Å². The number of nitrogens with two attached hydrogens (primary N) is 1. The summed E-state index contributed by atoms with van der Waals surface area (Å²) in [5, 5.41) is 5.48. The standard InChI is InChI=1S/C19H30N2O2/c1-19(2,3)23-18(22)21-17-11-7-10-16(12-13-17)20-14-15-8-5-4-6-9-15/h4-6,8-9,16-17,20H,7,10-14H2,1-3H3,(H,21,22)/p+1. The zero-order valence-electron chi connectivity index (χ0n) is 14.7. The first-order valence-corrected chi connectivity index (χ1v) is 8.79. The molecule has 1 aliphatic carbocycles. The molecule has 0 spiro atoms. The first-order chi connectivity index (χ1) is 10.9. The summed E-state index contributed by atoms with van der Waals surface area (Å²) >= 11 is 0. The summed E-state index contributed by atoms with van der Waals surface area (Å²) in [4.78, 5) is 11.9. The summed E-state index contributed by atoms with van der Waals surface area (Å²) in [6.45, 7) is 6.73. The number of carbonyl (C=O) groups is 1. The molecular formula is C19H31N2O2+. The number of hydrogen-bond donors (Lipinski definition) is 2. The molecule has 0 radical (unpaired) electrons. The number of benzene rings is 1. The van der Waals surface area contributed by atoms with Crippen molar-refractivity contribution in [1.82, 2.24) is 5.32 Å². The second-order valence-electron chi connectivity index (χ2n) is 7.54. The summed E-state index contributed by atoms with van der Waals surface area (Å²) in [5.74, 6) is 0. The van der Waals surface area contributed by atoms with Crippen LogP contribution in [0.3, 0.4) is 0 Å². The van der Waals surface area contributed by atoms with E-state index in [1.54, 1.807) is 0 Å². The lowest BCUT2D eigenvalue weighted by molar-refractivity contribution is -0.705. The van der Waals surface area contributed by atoms with Crippen molar-refractivity contribution in [2.24, 2.45) is 0 Å². The molecule has 23 heavy (non-hydrogen) atoms. The number of quaternary nitrogens is 1. The van der Waals surface area contributed by atoms with Crippen LogP contribution in [0.5, 0.6) is 0 Å². The summed E-state index contributed by atoms with van der Waals surface area (Å²) in [6.07, 6.45) is 5.34. The molecule has 1 aromatic rings. The number of alkyl carbamates (subject to hydrolysis) is 1. The Hall–Kier alpha value is -1.55. The Kier molecular flexibility index (Phi) is 6.46. The van der Waals surface area contributed by atoms with Gasteiger partial charge in [0.2, 0.25) is 0 Å². The predicted molar refractivity (Wildman–Crippen MR) is 92.1 cm³/mol. The van der Waals surface area contributed by atoms with Gasteiger partial charge in [-0.3, -0.25) is 0 Å². The van der Waals surface area contributed by atoms with Crippen LogP contribution in [0, 0.1) is 0 Å². The van der Waals surface area contributed by atoms with Gasteiger partial charge in [0.1, 0.15) is 12.1 Å². The third-order valence-corrected chi connectivity index (χ3v) is 4.26. The molecule has 4 nitrogen and oxygen atoms in total. The fraction of sp³-hybridized carbons (Fsp3) is 0.632. The summed E-state index contributed by atoms with van der Waals surface area (Å²) in [7, 11) is 0. The van der Waals surface area contributed by atoms with E-state index in [9.17, 15) is 4.79 Å². The highest BCUT2D eigenvalue weighted by Crippen LogP contribution is 2.17. The minimum Gasteiger partial charge on any atom is -0.444 e. The van der Waals surface area contributed by atoms with Gasteiger partial charge in [0.15, 0.2) is 0 Å². The fourth-order valence-corrected chi connectivity index (χ4v) is 3.10. The number of carbonyl (C=O) groups excluding carboxylic acids is 1. The normalized spacial score (nSPS) is 22.2. The van der Waals surface area contributed by atoms with Crippen LogP contribution in [0.4, 0.5) is 4.79 Å². The molecule has 1 aliphatic rings. The fourth-order valence-electron chi connectivity index (χ4n) is 3.10. The Bertz CT molecular complexity index is 482. The second kappa shape index (κ2) is 8.34. The molecule has 1 saturated carbocycles. The predicted octanol–water partition coefficient (Wildman–Crippen LogP) is 2.98. The number of ether oxygens (including phenoxy) is 1. The van der Waals surface area contributed by atoms with Crippen LogP contribution < -0.4 is 10.6 Å². The van der Waals surface area contributed by atoms with E-state index < -0.39 is 5.60 Å². The number of amides is 1. The van der Waals surface area contributed by atoms with E-state index in [1.165, 1.54) is 12.0 Å². The smallest absolute Gasteiger partial charge is 0.407 e. The van der Waals surface area contributed by atoms with Crippen molar-refractivity contribution < 1.29 is 14.8 Å². The Morgan fingerprint density at radius 1 is 1.17 bits per heavy atom. The van der Waals surface area contributed by atoms with Crippen LogP contribution >= 0.6 is 0 Å². The van der Waals surface area contributed by atoms with Gasteiger partial charge in [-0.05, 0) is 46.5 Å². The van der Waals surface area contributed by atoms with Gasteiger partial charge in [0, 0.05) is 18.0 Å². The largest absolute Gasteiger partial charge is 0.444 e. The van der Waals surface area contributed by atoms with Crippen LogP contribution in [0.2, 0.25) is 0 Å². The molecule has 1 amide bonds. The Morgan fingerprint density at radius 2 is 1.91 bits per heavy atom. The van der Waals surface area contributed by atoms with Crippen LogP contribution in [0.15, 0.2) is 30.3 Å². The monoisotopic (exact) mass is 319 g/mol. The van der Waals surface area contributed by atoms with Crippen molar-refractivity contribution in [3.63, 3.8) is 0 Å². The highest BCUT2D eigenvalue weighted by molar-refractivity contribution is 5.68. The Morgan fingerprint density at radius 3 is 2.61 bits per heavy atom. The Balaban J connectivity index is 1.73. The lowest BCUT2D eigenvalue weighted by Crippen LogP contribution is -2.88. The zero-order chi connectivity index (χ0) is 16.7. The molecule has 1 aromatic carbocycles. The maximum Gasteiger partial charge on any atom is 0.407 e. The first-order valence-electron chi connectivity index (χ1n) is 8.79. The maximum absolute atomic E-state index is 11.9. The third-order valence-electron chi connectivity index (χ3n) is 4.26. The van der Waals surface area contributed by atoms with Crippen molar-refractivity contribution >= 4 is 6.09 Å². The van der Waals surface area contributed by atoms with E-state index in [0.717, 1.165) is 32.2 Å². The topological polar surface area (TPSA) is 54.9 Å². The van der Waals surface area contributed by atoms with Gasteiger partial charge in [-0.25, -0.2) is 4.79 Å². The number of hydrogen-bond acceptors (Lipinski definition) is 2. The molecule has 0 aliphatic heterocycles. The van der Waals surface area contributed by atoms with Crippen molar-refractivity contribution in [1.29, 1.82) is 0 Å². The van der Waals surface area contributed by atoms with Crippen molar-refractivity contribution in [2.45, 2.75) is 77.1 Å². The molecule has 0 bridgehead atoms. The van der Waals surface area contributed by atoms with Crippen LogP contribution in [0.25, 0.3) is 0 Å². The molecule has 2 atom stereocenters. The molecule has 2 rings (SSSR count). The average Bonchev–Trinajstić information content (AvgIpc) is 2.69. The first kappa shape index (κ1) is 17.8. The molecule has 0 aromatic heterocycles. The van der Waals surface area contributed by atoms with Gasteiger partial charge in [-0.15, -0.1) is 0 Å². The highest BCUT2D eigenvalue weighted by atomic mass is 16.6. The van der Waals surface area contributed by atoms with E-state index in [-0.39, 0.29) is 12.1 Å². The van der Waals surface area contributed by atoms with E-state index in [2.05, 4.69) is 41.0 Å². The van der Waals surface area contributed by atoms with Gasteiger partial charge >= 0.3 is 6.09 Å². The molecule has 0 heterocycles. The van der Waals surface area contributed by atoms with Gasteiger partial charge in [-0.1, -0.05) is 30.3 Å².